The minimum absolute atomic E-state index is 0.0330. The molecule has 19 atom stereocenters. The van der Waals surface area contributed by atoms with E-state index in [0.717, 1.165) is 50.5 Å². The lowest BCUT2D eigenvalue weighted by Crippen LogP contribution is -2.64. The number of methoxy groups -OCH3 is 1. The van der Waals surface area contributed by atoms with Gasteiger partial charge in [-0.1, -0.05) is 13.8 Å². The van der Waals surface area contributed by atoms with E-state index in [-0.39, 0.29) is 41.8 Å². The van der Waals surface area contributed by atoms with Crippen LogP contribution in [0.4, 0.5) is 0 Å². The summed E-state index contributed by atoms with van der Waals surface area (Å²) >= 11 is 0. The summed E-state index contributed by atoms with van der Waals surface area (Å²) in [4.78, 5) is 11.9. The quantitative estimate of drug-likeness (QED) is 0.136. The van der Waals surface area contributed by atoms with Crippen molar-refractivity contribution in [1.29, 1.82) is 0 Å². The average Bonchev–Trinajstić information content (AvgIpc) is 3.59. The average molecular weight is 713 g/mol. The minimum Gasteiger partial charge on any atom is -0.458 e. The van der Waals surface area contributed by atoms with Gasteiger partial charge in [-0.15, -0.1) is 0 Å². The largest absolute Gasteiger partial charge is 0.458 e. The minimum atomic E-state index is -1.61. The Morgan fingerprint density at radius 1 is 0.880 bits per heavy atom. The number of rotatable bonds is 7. The maximum Gasteiger partial charge on any atom is 0.331 e. The Morgan fingerprint density at radius 3 is 2.30 bits per heavy atom. The third-order valence-corrected chi connectivity index (χ3v) is 14.4. The van der Waals surface area contributed by atoms with Gasteiger partial charge in [0, 0.05) is 30.9 Å². The highest BCUT2D eigenvalue weighted by Gasteiger charge is 2.70. The number of carbonyl (C=O) groups excluding carboxylic acids is 1. The van der Waals surface area contributed by atoms with E-state index >= 15 is 0 Å². The van der Waals surface area contributed by atoms with Crippen LogP contribution < -0.4 is 0 Å². The number of carbonyl (C=O) groups is 1. The Balaban J connectivity index is 1.000. The Hall–Kier alpha value is -1.27. The Morgan fingerprint density at radius 2 is 1.62 bits per heavy atom. The van der Waals surface area contributed by atoms with Crippen molar-refractivity contribution in [2.24, 2.45) is 34.5 Å². The van der Waals surface area contributed by atoms with Gasteiger partial charge in [0.25, 0.3) is 0 Å². The van der Waals surface area contributed by atoms with Gasteiger partial charge in [0.1, 0.15) is 49.3 Å². The van der Waals surface area contributed by atoms with Gasteiger partial charge >= 0.3 is 5.97 Å². The molecule has 4 unspecified atom stereocenters. The van der Waals surface area contributed by atoms with Crippen LogP contribution in [0.1, 0.15) is 72.1 Å². The van der Waals surface area contributed by atoms with Crippen LogP contribution in [0.15, 0.2) is 11.6 Å². The van der Waals surface area contributed by atoms with Crippen molar-refractivity contribution < 1.29 is 69.0 Å². The topological polar surface area (TPSA) is 214 Å². The highest BCUT2D eigenvalue weighted by atomic mass is 16.7. The first-order valence-corrected chi connectivity index (χ1v) is 18.4. The highest BCUT2D eigenvalue weighted by molar-refractivity contribution is 5.85. The van der Waals surface area contributed by atoms with Crippen molar-refractivity contribution in [3.05, 3.63) is 11.6 Å². The predicted octanol–water partition coefficient (Wildman–Crippen LogP) is -0.0948. The zero-order chi connectivity index (χ0) is 35.9. The molecule has 3 aliphatic heterocycles. The number of aliphatic hydroxyl groups is 7. The second kappa shape index (κ2) is 13.5. The van der Waals surface area contributed by atoms with E-state index in [1.54, 1.807) is 6.92 Å². The molecule has 14 nitrogen and oxygen atoms in total. The summed E-state index contributed by atoms with van der Waals surface area (Å²) in [6, 6.07) is 0. The second-order valence-electron chi connectivity index (χ2n) is 16.7. The van der Waals surface area contributed by atoms with E-state index in [2.05, 4.69) is 13.8 Å². The van der Waals surface area contributed by atoms with Crippen molar-refractivity contribution >= 4 is 5.97 Å². The predicted molar refractivity (Wildman–Crippen MR) is 172 cm³/mol. The normalized spacial score (nSPS) is 55.1. The number of cyclic esters (lactones) is 1. The van der Waals surface area contributed by atoms with Crippen LogP contribution in [-0.4, -0.2) is 141 Å². The fraction of sp³-hybridized carbons (Fsp3) is 0.917. The van der Waals surface area contributed by atoms with E-state index in [1.807, 2.05) is 0 Å². The molecule has 0 aromatic carbocycles. The molecular weight excluding hydrogens is 656 g/mol. The van der Waals surface area contributed by atoms with E-state index in [4.69, 9.17) is 28.4 Å². The standard InChI is InChI=1S/C36H56O14/c1-16-30(50-32-28(42)27(41)26(40)23(14-37)49-32)31(45-4)29(43)33(47-16)48-19-7-9-34(2)18(12-19)5-6-21-20(34)8-10-35(3)25(17-11-24(39)46-15-17)22(38)13-36(21,35)44/h11,16,18-23,25-33,37-38,40-44H,5-10,12-15H2,1-4H3/t16?,18-,19+,20-,21-,22+,23?,25+,26-,27?,28+,29?,30+,31-,32+,33+,34+,35-,36+/m1/s1. The molecule has 4 saturated carbocycles. The highest BCUT2D eigenvalue weighted by Crippen LogP contribution is 2.70. The SMILES string of the molecule is CO[C@@H]1C(O)[C@H](O[C@H]2CC[C@@]3(C)[C@H](CC[C@@H]4[C@H]3CC[C@]3(C)[C@@H](C5=CC(=O)OC5)[C@@H](O)C[C@]43O)C2)OC(C)[C@@H]1O[C@@H]1OC(CO)[C@@H](O)C(O)[C@@H]1O. The molecule has 6 fully saturated rings. The molecule has 284 valence electrons. The molecule has 0 spiro atoms. The van der Waals surface area contributed by atoms with Crippen LogP contribution in [0.5, 0.6) is 0 Å². The number of aliphatic hydroxyl groups excluding tert-OH is 6. The Bertz CT molecular complexity index is 1300. The van der Waals surface area contributed by atoms with Gasteiger partial charge in [-0.3, -0.25) is 0 Å². The fourth-order valence-electron chi connectivity index (χ4n) is 11.7. The summed E-state index contributed by atoms with van der Waals surface area (Å²) < 4.78 is 35.0. The van der Waals surface area contributed by atoms with E-state index in [1.165, 1.54) is 13.2 Å². The van der Waals surface area contributed by atoms with Crippen LogP contribution in [-0.2, 0) is 33.2 Å². The molecule has 7 aliphatic rings. The zero-order valence-electron chi connectivity index (χ0n) is 29.4. The number of esters is 1. The lowest BCUT2D eigenvalue weighted by Gasteiger charge is -2.63. The van der Waals surface area contributed by atoms with Crippen molar-refractivity contribution in [3.8, 4) is 0 Å². The molecule has 0 aromatic heterocycles. The van der Waals surface area contributed by atoms with Gasteiger partial charge in [0.05, 0.1) is 30.5 Å². The van der Waals surface area contributed by atoms with Gasteiger partial charge in [0.2, 0.25) is 0 Å². The molecule has 0 amide bonds. The molecule has 7 N–H and O–H groups in total. The van der Waals surface area contributed by atoms with Crippen LogP contribution in [0, 0.1) is 34.5 Å². The first-order valence-electron chi connectivity index (χ1n) is 18.4. The molecule has 14 heteroatoms. The molecular formula is C36H56O14. The lowest BCUT2D eigenvalue weighted by atomic mass is 9.43. The van der Waals surface area contributed by atoms with Crippen molar-refractivity contribution in [1.82, 2.24) is 0 Å². The summed E-state index contributed by atoms with van der Waals surface area (Å²) in [6.45, 7) is 5.74. The maximum absolute atomic E-state index is 12.5. The van der Waals surface area contributed by atoms with E-state index in [9.17, 15) is 40.5 Å². The first kappa shape index (κ1) is 37.1. The number of hydrogen-bond donors (Lipinski definition) is 7. The molecule has 0 aromatic rings. The van der Waals surface area contributed by atoms with Crippen LogP contribution >= 0.6 is 0 Å². The number of fused-ring (bicyclic) bond motifs is 5. The van der Waals surface area contributed by atoms with Gasteiger partial charge in [-0.25, -0.2) is 4.79 Å². The summed E-state index contributed by atoms with van der Waals surface area (Å²) in [7, 11) is 1.42. The summed E-state index contributed by atoms with van der Waals surface area (Å²) in [5.74, 6) is -0.0506. The molecule has 3 heterocycles. The molecule has 0 bridgehead atoms. The molecule has 2 saturated heterocycles. The van der Waals surface area contributed by atoms with E-state index in [0.29, 0.717) is 12.3 Å². The summed E-state index contributed by atoms with van der Waals surface area (Å²) in [5, 5.41) is 75.7. The monoisotopic (exact) mass is 712 g/mol. The van der Waals surface area contributed by atoms with Crippen molar-refractivity contribution in [2.75, 3.05) is 20.3 Å². The van der Waals surface area contributed by atoms with Crippen LogP contribution in [0.2, 0.25) is 0 Å². The van der Waals surface area contributed by atoms with Gasteiger partial charge in [-0.2, -0.15) is 0 Å². The Kier molecular flexibility index (Phi) is 10.0. The molecule has 0 radical (unpaired) electrons. The van der Waals surface area contributed by atoms with Crippen LogP contribution in [0.3, 0.4) is 0 Å². The molecule has 50 heavy (non-hydrogen) atoms. The van der Waals surface area contributed by atoms with Gasteiger partial charge < -0.3 is 64.2 Å². The maximum atomic E-state index is 12.5. The van der Waals surface area contributed by atoms with Crippen molar-refractivity contribution in [2.45, 2.75) is 151 Å². The third kappa shape index (κ3) is 5.72. The first-order chi connectivity index (χ1) is 23.7. The number of hydrogen-bond acceptors (Lipinski definition) is 14. The fourth-order valence-corrected chi connectivity index (χ4v) is 11.7. The smallest absolute Gasteiger partial charge is 0.331 e. The summed E-state index contributed by atoms with van der Waals surface area (Å²) in [5.41, 5.74) is -0.841. The van der Waals surface area contributed by atoms with Gasteiger partial charge in [-0.05, 0) is 80.6 Å². The van der Waals surface area contributed by atoms with Gasteiger partial charge in [0.15, 0.2) is 12.6 Å². The second-order valence-corrected chi connectivity index (χ2v) is 16.7. The third-order valence-electron chi connectivity index (χ3n) is 14.4. The van der Waals surface area contributed by atoms with E-state index < -0.39 is 85.1 Å². The van der Waals surface area contributed by atoms with Crippen molar-refractivity contribution in [3.63, 3.8) is 0 Å². The zero-order valence-corrected chi connectivity index (χ0v) is 29.4. The molecule has 7 rings (SSSR count). The van der Waals surface area contributed by atoms with Crippen LogP contribution in [0.25, 0.3) is 0 Å². The lowest BCUT2D eigenvalue weighted by molar-refractivity contribution is -0.362. The molecule has 4 aliphatic carbocycles. The Labute approximate surface area is 292 Å². The number of ether oxygens (including phenoxy) is 6. The summed E-state index contributed by atoms with van der Waals surface area (Å²) in [6.07, 6.45) is -5.43.